The fourth-order valence-electron chi connectivity index (χ4n) is 1.95. The van der Waals surface area contributed by atoms with Crippen LogP contribution < -0.4 is 5.32 Å². The summed E-state index contributed by atoms with van der Waals surface area (Å²) in [6, 6.07) is 5.11. The highest BCUT2D eigenvalue weighted by Gasteiger charge is 2.15. The van der Waals surface area contributed by atoms with Crippen LogP contribution in [0.2, 0.25) is 0 Å². The van der Waals surface area contributed by atoms with Gasteiger partial charge in [-0.1, -0.05) is 0 Å². The molecule has 3 heteroatoms. The number of aryl methyl sites for hydroxylation is 1. The highest BCUT2D eigenvalue weighted by molar-refractivity contribution is 7.11. The van der Waals surface area contributed by atoms with Crippen molar-refractivity contribution < 1.29 is 0 Å². The van der Waals surface area contributed by atoms with E-state index in [-0.39, 0.29) is 0 Å². The number of thiophene rings is 1. The number of hydrogen-bond donors (Lipinski definition) is 1. The second-order valence-electron chi connectivity index (χ2n) is 4.10. The molecular formula is C11H18N2S. The lowest BCUT2D eigenvalue weighted by molar-refractivity contribution is 0.201. The second kappa shape index (κ2) is 4.43. The van der Waals surface area contributed by atoms with Gasteiger partial charge in [0.1, 0.15) is 0 Å². The van der Waals surface area contributed by atoms with E-state index in [1.807, 2.05) is 11.3 Å². The van der Waals surface area contributed by atoms with E-state index in [4.69, 9.17) is 0 Å². The maximum absolute atomic E-state index is 3.46. The normalized spacial score (nSPS) is 24.0. The van der Waals surface area contributed by atoms with Gasteiger partial charge in [0.15, 0.2) is 0 Å². The van der Waals surface area contributed by atoms with Gasteiger partial charge in [-0.3, -0.25) is 4.90 Å². The molecule has 0 spiro atoms. The quantitative estimate of drug-likeness (QED) is 0.801. The van der Waals surface area contributed by atoms with E-state index >= 15 is 0 Å². The van der Waals surface area contributed by atoms with Gasteiger partial charge in [0, 0.05) is 42.0 Å². The van der Waals surface area contributed by atoms with Crippen molar-refractivity contribution >= 4 is 11.3 Å². The van der Waals surface area contributed by atoms with Crippen molar-refractivity contribution in [3.63, 3.8) is 0 Å². The molecule has 2 nitrogen and oxygen atoms in total. The van der Waals surface area contributed by atoms with E-state index in [0.717, 1.165) is 13.1 Å². The minimum absolute atomic E-state index is 0.643. The molecule has 0 amide bonds. The Bertz CT molecular complexity index is 295. The van der Waals surface area contributed by atoms with E-state index in [1.165, 1.54) is 22.8 Å². The van der Waals surface area contributed by atoms with Gasteiger partial charge in [-0.25, -0.2) is 0 Å². The number of piperazine rings is 1. The SMILES string of the molecule is Cc1ccc(CN2CCNC(C)C2)s1. The van der Waals surface area contributed by atoms with Gasteiger partial charge >= 0.3 is 0 Å². The smallest absolute Gasteiger partial charge is 0.0329 e. The Balaban J connectivity index is 1.90. The number of hydrogen-bond acceptors (Lipinski definition) is 3. The third kappa shape index (κ3) is 2.56. The van der Waals surface area contributed by atoms with Crippen molar-refractivity contribution in [2.24, 2.45) is 0 Å². The Kier molecular flexibility index (Phi) is 3.21. The average Bonchev–Trinajstić information content (AvgIpc) is 2.51. The van der Waals surface area contributed by atoms with Gasteiger partial charge < -0.3 is 5.32 Å². The van der Waals surface area contributed by atoms with Crippen molar-refractivity contribution in [3.05, 3.63) is 21.9 Å². The summed E-state index contributed by atoms with van der Waals surface area (Å²) in [5, 5.41) is 3.46. The monoisotopic (exact) mass is 210 g/mol. The molecule has 0 radical (unpaired) electrons. The lowest BCUT2D eigenvalue weighted by Crippen LogP contribution is -2.48. The summed E-state index contributed by atoms with van der Waals surface area (Å²) >= 11 is 1.92. The van der Waals surface area contributed by atoms with Crippen molar-refractivity contribution in [1.29, 1.82) is 0 Å². The molecule has 0 aromatic carbocycles. The van der Waals surface area contributed by atoms with Gasteiger partial charge in [-0.2, -0.15) is 0 Å². The first-order valence-corrected chi connectivity index (χ1v) is 6.07. The first-order valence-electron chi connectivity index (χ1n) is 5.25. The third-order valence-electron chi connectivity index (χ3n) is 2.63. The van der Waals surface area contributed by atoms with Crippen molar-refractivity contribution in [3.8, 4) is 0 Å². The Morgan fingerprint density at radius 1 is 1.57 bits per heavy atom. The van der Waals surface area contributed by atoms with Gasteiger partial charge in [0.05, 0.1) is 0 Å². The summed E-state index contributed by atoms with van der Waals surface area (Å²) in [6.45, 7) is 9.05. The van der Waals surface area contributed by atoms with E-state index < -0.39 is 0 Å². The van der Waals surface area contributed by atoms with E-state index in [9.17, 15) is 0 Å². The highest BCUT2D eigenvalue weighted by atomic mass is 32.1. The summed E-state index contributed by atoms with van der Waals surface area (Å²) in [6.07, 6.45) is 0. The molecule has 2 heterocycles. The van der Waals surface area contributed by atoms with Crippen molar-refractivity contribution in [2.45, 2.75) is 26.4 Å². The molecule has 1 aromatic rings. The Labute approximate surface area is 89.9 Å². The lowest BCUT2D eigenvalue weighted by Gasteiger charge is -2.31. The van der Waals surface area contributed by atoms with Crippen molar-refractivity contribution in [1.82, 2.24) is 10.2 Å². The molecule has 1 aliphatic heterocycles. The maximum atomic E-state index is 3.46. The van der Waals surface area contributed by atoms with Crippen LogP contribution in [0.4, 0.5) is 0 Å². The van der Waals surface area contributed by atoms with Crippen molar-refractivity contribution in [2.75, 3.05) is 19.6 Å². The predicted octanol–water partition coefficient (Wildman–Crippen LogP) is 1.85. The first-order chi connectivity index (χ1) is 6.74. The zero-order valence-electron chi connectivity index (χ0n) is 8.92. The molecule has 0 bridgehead atoms. The zero-order chi connectivity index (χ0) is 9.97. The van der Waals surface area contributed by atoms with Crippen LogP contribution in [0.1, 0.15) is 16.7 Å². The Morgan fingerprint density at radius 2 is 2.43 bits per heavy atom. The van der Waals surface area contributed by atoms with Crippen LogP contribution in [-0.2, 0) is 6.54 Å². The summed E-state index contributed by atoms with van der Waals surface area (Å²) in [7, 11) is 0. The van der Waals surface area contributed by atoms with Gasteiger partial charge in [-0.15, -0.1) is 11.3 Å². The van der Waals surface area contributed by atoms with Gasteiger partial charge in [0.25, 0.3) is 0 Å². The highest BCUT2D eigenvalue weighted by Crippen LogP contribution is 2.17. The molecule has 0 saturated carbocycles. The molecule has 1 atom stereocenters. The van der Waals surface area contributed by atoms with Crippen LogP contribution in [0, 0.1) is 6.92 Å². The molecule has 14 heavy (non-hydrogen) atoms. The summed E-state index contributed by atoms with van der Waals surface area (Å²) in [4.78, 5) is 5.45. The zero-order valence-corrected chi connectivity index (χ0v) is 9.73. The van der Waals surface area contributed by atoms with Crippen LogP contribution in [-0.4, -0.2) is 30.6 Å². The summed E-state index contributed by atoms with van der Waals surface area (Å²) in [5.41, 5.74) is 0. The number of rotatable bonds is 2. The second-order valence-corrected chi connectivity index (χ2v) is 5.48. The summed E-state index contributed by atoms with van der Waals surface area (Å²) < 4.78 is 0. The molecule has 78 valence electrons. The molecular weight excluding hydrogens is 192 g/mol. The molecule has 1 N–H and O–H groups in total. The minimum atomic E-state index is 0.643. The molecule has 1 fully saturated rings. The van der Waals surface area contributed by atoms with Gasteiger partial charge in [-0.05, 0) is 26.0 Å². The Hall–Kier alpha value is -0.380. The topological polar surface area (TPSA) is 15.3 Å². The lowest BCUT2D eigenvalue weighted by atomic mass is 10.2. The molecule has 1 aliphatic rings. The van der Waals surface area contributed by atoms with Crippen LogP contribution in [0.5, 0.6) is 0 Å². The van der Waals surface area contributed by atoms with Crippen LogP contribution in [0.25, 0.3) is 0 Å². The van der Waals surface area contributed by atoms with E-state index in [2.05, 4.69) is 36.2 Å². The molecule has 1 saturated heterocycles. The number of nitrogens with zero attached hydrogens (tertiary/aromatic N) is 1. The summed E-state index contributed by atoms with van der Waals surface area (Å²) in [5.74, 6) is 0. The van der Waals surface area contributed by atoms with Crippen LogP contribution in [0.15, 0.2) is 12.1 Å². The fourth-order valence-corrected chi connectivity index (χ4v) is 2.88. The maximum Gasteiger partial charge on any atom is 0.0329 e. The van der Waals surface area contributed by atoms with Crippen LogP contribution in [0.3, 0.4) is 0 Å². The van der Waals surface area contributed by atoms with E-state index in [1.54, 1.807) is 0 Å². The standard InChI is InChI=1S/C11H18N2S/c1-9-7-13(6-5-12-9)8-11-4-3-10(2)14-11/h3-4,9,12H,5-8H2,1-2H3. The molecule has 1 aromatic heterocycles. The minimum Gasteiger partial charge on any atom is -0.312 e. The third-order valence-corrected chi connectivity index (χ3v) is 3.61. The molecule has 0 aliphatic carbocycles. The fraction of sp³-hybridized carbons (Fsp3) is 0.636. The van der Waals surface area contributed by atoms with Crippen LogP contribution >= 0.6 is 11.3 Å². The number of nitrogens with one attached hydrogen (secondary N) is 1. The van der Waals surface area contributed by atoms with E-state index in [0.29, 0.717) is 6.04 Å². The predicted molar refractivity (Wildman–Crippen MR) is 61.8 cm³/mol. The largest absolute Gasteiger partial charge is 0.312 e. The first kappa shape index (κ1) is 10.1. The Morgan fingerprint density at radius 3 is 3.07 bits per heavy atom. The molecule has 1 unspecified atom stereocenters. The molecule has 2 rings (SSSR count). The van der Waals surface area contributed by atoms with Gasteiger partial charge in [0.2, 0.25) is 0 Å². The average molecular weight is 210 g/mol.